The smallest absolute Gasteiger partial charge is 0.338 e. The van der Waals surface area contributed by atoms with Crippen LogP contribution in [-0.2, 0) is 11.3 Å². The van der Waals surface area contributed by atoms with Gasteiger partial charge in [0.05, 0.1) is 27.4 Å². The van der Waals surface area contributed by atoms with Gasteiger partial charge in [0.2, 0.25) is 0 Å². The van der Waals surface area contributed by atoms with Crippen LogP contribution in [0, 0.1) is 0 Å². The fraction of sp³-hybridized carbons (Fsp3) is 0.125. The minimum absolute atomic E-state index is 0.168. The molecular formula is C16H12BrNO3S. The molecule has 0 atom stereocenters. The van der Waals surface area contributed by atoms with Crippen LogP contribution in [0.2, 0.25) is 0 Å². The van der Waals surface area contributed by atoms with Crippen molar-refractivity contribution in [2.24, 2.45) is 0 Å². The Morgan fingerprint density at radius 3 is 2.82 bits per heavy atom. The van der Waals surface area contributed by atoms with E-state index in [1.165, 1.54) is 11.3 Å². The summed E-state index contributed by atoms with van der Waals surface area (Å²) in [4.78, 5) is 16.5. The van der Waals surface area contributed by atoms with E-state index < -0.39 is 0 Å². The van der Waals surface area contributed by atoms with Crippen molar-refractivity contribution in [2.45, 2.75) is 6.61 Å². The Morgan fingerprint density at radius 1 is 1.27 bits per heavy atom. The van der Waals surface area contributed by atoms with Crippen LogP contribution in [0.5, 0.6) is 5.75 Å². The Kier molecular flexibility index (Phi) is 4.40. The first-order valence-electron chi connectivity index (χ1n) is 6.52. The van der Waals surface area contributed by atoms with Gasteiger partial charge in [-0.15, -0.1) is 11.3 Å². The summed E-state index contributed by atoms with van der Waals surface area (Å²) in [7, 11) is 1.57. The normalized spacial score (nSPS) is 10.6. The molecule has 4 nitrogen and oxygen atoms in total. The molecule has 0 unspecified atom stereocenters. The molecule has 22 heavy (non-hydrogen) atoms. The van der Waals surface area contributed by atoms with E-state index >= 15 is 0 Å². The molecule has 0 aliphatic heterocycles. The molecule has 3 aromatic rings. The number of hydrogen-bond acceptors (Lipinski definition) is 5. The highest BCUT2D eigenvalue weighted by molar-refractivity contribution is 9.10. The van der Waals surface area contributed by atoms with Gasteiger partial charge in [0.1, 0.15) is 17.4 Å². The number of aromatic nitrogens is 1. The molecular weight excluding hydrogens is 366 g/mol. The number of nitrogens with zero attached hydrogens (tertiary/aromatic N) is 1. The number of esters is 1. The predicted molar refractivity (Wildman–Crippen MR) is 89.4 cm³/mol. The van der Waals surface area contributed by atoms with Gasteiger partial charge >= 0.3 is 5.97 Å². The summed E-state index contributed by atoms with van der Waals surface area (Å²) in [6, 6.07) is 12.9. The second kappa shape index (κ2) is 6.46. The first-order valence-corrected chi connectivity index (χ1v) is 8.13. The minimum Gasteiger partial charge on any atom is -0.496 e. The molecule has 1 aromatic heterocycles. The number of benzene rings is 2. The Balaban J connectivity index is 1.70. The molecule has 0 aliphatic carbocycles. The highest BCUT2D eigenvalue weighted by atomic mass is 79.9. The van der Waals surface area contributed by atoms with Crippen molar-refractivity contribution < 1.29 is 14.3 Å². The van der Waals surface area contributed by atoms with Gasteiger partial charge in [0.15, 0.2) is 0 Å². The van der Waals surface area contributed by atoms with Crippen molar-refractivity contribution in [1.29, 1.82) is 0 Å². The van der Waals surface area contributed by atoms with Crippen LogP contribution in [0.25, 0.3) is 10.2 Å². The summed E-state index contributed by atoms with van der Waals surface area (Å²) in [5, 5.41) is 0.780. The van der Waals surface area contributed by atoms with Crippen LogP contribution < -0.4 is 4.74 Å². The highest BCUT2D eigenvalue weighted by Gasteiger charge is 2.12. The third-order valence-electron chi connectivity index (χ3n) is 3.05. The second-order valence-electron chi connectivity index (χ2n) is 4.50. The molecule has 6 heteroatoms. The molecule has 0 bridgehead atoms. The third-order valence-corrected chi connectivity index (χ3v) is 4.68. The molecule has 0 aliphatic rings. The maximum Gasteiger partial charge on any atom is 0.338 e. The lowest BCUT2D eigenvalue weighted by atomic mass is 10.2. The Labute approximate surface area is 139 Å². The molecule has 0 fully saturated rings. The van der Waals surface area contributed by atoms with E-state index in [1.54, 1.807) is 25.3 Å². The zero-order valence-electron chi connectivity index (χ0n) is 11.7. The molecule has 3 rings (SSSR count). The van der Waals surface area contributed by atoms with Gasteiger partial charge in [-0.3, -0.25) is 0 Å². The Hall–Kier alpha value is -1.92. The number of halogens is 1. The number of thiazole rings is 1. The average Bonchev–Trinajstić information content (AvgIpc) is 2.95. The van der Waals surface area contributed by atoms with Crippen LogP contribution in [-0.4, -0.2) is 18.1 Å². The maximum atomic E-state index is 12.1. The van der Waals surface area contributed by atoms with Crippen molar-refractivity contribution in [1.82, 2.24) is 4.98 Å². The van der Waals surface area contributed by atoms with E-state index in [0.717, 1.165) is 15.2 Å². The number of para-hydroxylation sites is 1. The van der Waals surface area contributed by atoms with Gasteiger partial charge in [-0.1, -0.05) is 12.1 Å². The molecule has 0 saturated carbocycles. The number of methoxy groups -OCH3 is 1. The molecule has 1 heterocycles. The summed E-state index contributed by atoms with van der Waals surface area (Å²) in [5.74, 6) is 0.283. The summed E-state index contributed by atoms with van der Waals surface area (Å²) in [6.45, 7) is 0.168. The summed E-state index contributed by atoms with van der Waals surface area (Å²) < 4.78 is 12.3. The lowest BCUT2D eigenvalue weighted by Gasteiger charge is -2.06. The quantitative estimate of drug-likeness (QED) is 0.631. The largest absolute Gasteiger partial charge is 0.496 e. The fourth-order valence-corrected chi connectivity index (χ4v) is 3.41. The average molecular weight is 378 g/mol. The van der Waals surface area contributed by atoms with Crippen LogP contribution in [0.15, 0.2) is 46.9 Å². The Morgan fingerprint density at radius 2 is 2.09 bits per heavy atom. The molecule has 0 radical (unpaired) electrons. The topological polar surface area (TPSA) is 48.4 Å². The van der Waals surface area contributed by atoms with E-state index in [2.05, 4.69) is 20.9 Å². The summed E-state index contributed by atoms with van der Waals surface area (Å²) >= 11 is 4.88. The van der Waals surface area contributed by atoms with Gasteiger partial charge in [-0.25, -0.2) is 9.78 Å². The maximum absolute atomic E-state index is 12.1. The van der Waals surface area contributed by atoms with Crippen LogP contribution >= 0.6 is 27.3 Å². The number of carbonyl (C=O) groups is 1. The van der Waals surface area contributed by atoms with Gasteiger partial charge < -0.3 is 9.47 Å². The van der Waals surface area contributed by atoms with Crippen molar-refractivity contribution in [3.63, 3.8) is 0 Å². The molecule has 0 saturated heterocycles. The first-order chi connectivity index (χ1) is 10.7. The highest BCUT2D eigenvalue weighted by Crippen LogP contribution is 2.26. The lowest BCUT2D eigenvalue weighted by molar-refractivity contribution is 0.0472. The summed E-state index contributed by atoms with van der Waals surface area (Å²) in [5.41, 5.74) is 1.39. The number of fused-ring (bicyclic) bond motifs is 1. The van der Waals surface area contributed by atoms with E-state index in [1.807, 2.05) is 24.3 Å². The summed E-state index contributed by atoms with van der Waals surface area (Å²) in [6.07, 6.45) is 0. The SMILES string of the molecule is COc1ccc(C(=O)OCc2nc3ccccc3s2)cc1Br. The van der Waals surface area contributed by atoms with Crippen LogP contribution in [0.3, 0.4) is 0 Å². The number of carbonyl (C=O) groups excluding carboxylic acids is 1. The molecule has 2 aromatic carbocycles. The standard InChI is InChI=1S/C16H12BrNO3S/c1-20-13-7-6-10(8-11(13)17)16(19)21-9-15-18-12-4-2-3-5-14(12)22-15/h2-8H,9H2,1H3. The van der Waals surface area contributed by atoms with Gasteiger partial charge in [0, 0.05) is 0 Å². The molecule has 0 spiro atoms. The zero-order chi connectivity index (χ0) is 15.5. The van der Waals surface area contributed by atoms with Crippen molar-refractivity contribution >= 4 is 43.5 Å². The number of hydrogen-bond donors (Lipinski definition) is 0. The monoisotopic (exact) mass is 377 g/mol. The third kappa shape index (κ3) is 3.13. The fourth-order valence-electron chi connectivity index (χ4n) is 1.99. The predicted octanol–water partition coefficient (Wildman–Crippen LogP) is 4.42. The molecule has 112 valence electrons. The molecule has 0 amide bonds. The lowest BCUT2D eigenvalue weighted by Crippen LogP contribution is -2.05. The van der Waals surface area contributed by atoms with Crippen LogP contribution in [0.4, 0.5) is 0 Å². The second-order valence-corrected chi connectivity index (χ2v) is 6.47. The first kappa shape index (κ1) is 15.0. The van der Waals surface area contributed by atoms with E-state index in [4.69, 9.17) is 9.47 Å². The molecule has 0 N–H and O–H groups in total. The number of ether oxygens (including phenoxy) is 2. The van der Waals surface area contributed by atoms with Crippen LogP contribution in [0.1, 0.15) is 15.4 Å². The van der Waals surface area contributed by atoms with E-state index in [-0.39, 0.29) is 12.6 Å². The van der Waals surface area contributed by atoms with Gasteiger partial charge in [-0.2, -0.15) is 0 Å². The zero-order valence-corrected chi connectivity index (χ0v) is 14.1. The van der Waals surface area contributed by atoms with Crippen molar-refractivity contribution in [3.8, 4) is 5.75 Å². The number of rotatable bonds is 4. The van der Waals surface area contributed by atoms with E-state index in [9.17, 15) is 4.79 Å². The van der Waals surface area contributed by atoms with Crippen molar-refractivity contribution in [2.75, 3.05) is 7.11 Å². The van der Waals surface area contributed by atoms with Gasteiger partial charge in [0.25, 0.3) is 0 Å². The minimum atomic E-state index is -0.386. The van der Waals surface area contributed by atoms with E-state index in [0.29, 0.717) is 15.8 Å². The Bertz CT molecular complexity index is 798. The van der Waals surface area contributed by atoms with Gasteiger partial charge in [-0.05, 0) is 46.3 Å². The van der Waals surface area contributed by atoms with Crippen molar-refractivity contribution in [3.05, 3.63) is 57.5 Å².